The van der Waals surface area contributed by atoms with E-state index in [9.17, 15) is 9.59 Å². The van der Waals surface area contributed by atoms with Crippen LogP contribution in [0.3, 0.4) is 0 Å². The highest BCUT2D eigenvalue weighted by molar-refractivity contribution is 8.23. The van der Waals surface area contributed by atoms with Crippen LogP contribution < -0.4 is 10.9 Å². The van der Waals surface area contributed by atoms with Crippen molar-refractivity contribution in [2.24, 2.45) is 0 Å². The number of nitrogens with one attached hydrogen (secondary N) is 2. The molecule has 1 heterocycles. The molecule has 5 nitrogen and oxygen atoms in total. The van der Waals surface area contributed by atoms with Crippen molar-refractivity contribution in [3.05, 3.63) is 21.4 Å². The van der Waals surface area contributed by atoms with E-state index < -0.39 is 0 Å². The first-order valence-electron chi connectivity index (χ1n) is 7.53. The van der Waals surface area contributed by atoms with Crippen molar-refractivity contribution in [3.8, 4) is 0 Å². The fourth-order valence-electron chi connectivity index (χ4n) is 1.91. The molecule has 2 amide bonds. The Bertz CT molecular complexity index is 568. The lowest BCUT2D eigenvalue weighted by molar-refractivity contribution is -0.119. The van der Waals surface area contributed by atoms with E-state index in [-0.39, 0.29) is 17.6 Å². The lowest BCUT2D eigenvalue weighted by Crippen LogP contribution is -2.42. The first-order valence-corrected chi connectivity index (χ1v) is 9.74. The minimum atomic E-state index is -0.289. The molecule has 0 bridgehead atoms. The van der Waals surface area contributed by atoms with E-state index in [4.69, 9.17) is 12.2 Å². The smallest absolute Gasteiger partial charge is 0.279 e. The average molecular weight is 374 g/mol. The average Bonchev–Trinajstić information content (AvgIpc) is 2.92. The van der Waals surface area contributed by atoms with Crippen molar-refractivity contribution in [2.45, 2.75) is 34.1 Å². The zero-order valence-corrected chi connectivity index (χ0v) is 16.3. The zero-order chi connectivity index (χ0) is 17.4. The van der Waals surface area contributed by atoms with Crippen LogP contribution in [-0.4, -0.2) is 39.9 Å². The van der Waals surface area contributed by atoms with Gasteiger partial charge in [0.25, 0.3) is 5.91 Å². The third-order valence-electron chi connectivity index (χ3n) is 3.29. The maximum atomic E-state index is 12.0. The van der Waals surface area contributed by atoms with Crippen molar-refractivity contribution in [3.63, 3.8) is 0 Å². The van der Waals surface area contributed by atoms with Gasteiger partial charge in [-0.2, -0.15) is 0 Å². The highest BCUT2D eigenvalue weighted by atomic mass is 32.2. The van der Waals surface area contributed by atoms with Crippen LogP contribution in [0.5, 0.6) is 0 Å². The standard InChI is InChI=1S/C15H23N3O2S3/c1-5-11-8-12(23-10(11)4)14(20)17-16-13(19)9-22-15(21)18(6-2)7-3/h8H,5-7,9H2,1-4H3,(H,16,19)(H,17,20). The summed E-state index contributed by atoms with van der Waals surface area (Å²) in [6.45, 7) is 9.71. The Morgan fingerprint density at radius 3 is 2.43 bits per heavy atom. The molecule has 0 spiro atoms. The Balaban J connectivity index is 2.40. The van der Waals surface area contributed by atoms with Crippen LogP contribution >= 0.6 is 35.3 Å². The van der Waals surface area contributed by atoms with Crippen molar-refractivity contribution in [1.82, 2.24) is 15.8 Å². The van der Waals surface area contributed by atoms with Gasteiger partial charge >= 0.3 is 0 Å². The number of thiophene rings is 1. The number of carbonyl (C=O) groups is 2. The van der Waals surface area contributed by atoms with Crippen LogP contribution in [0.15, 0.2) is 6.07 Å². The number of hydrazine groups is 1. The van der Waals surface area contributed by atoms with Crippen molar-refractivity contribution in [1.29, 1.82) is 0 Å². The van der Waals surface area contributed by atoms with Crippen LogP contribution in [0.25, 0.3) is 0 Å². The second kappa shape index (κ2) is 9.89. The molecule has 8 heteroatoms. The summed E-state index contributed by atoms with van der Waals surface area (Å²) in [6.07, 6.45) is 0.890. The Morgan fingerprint density at radius 2 is 1.91 bits per heavy atom. The number of thiocarbonyl (C=S) groups is 1. The molecule has 0 fully saturated rings. The molecule has 23 heavy (non-hydrogen) atoms. The molecule has 128 valence electrons. The van der Waals surface area contributed by atoms with Crippen molar-refractivity contribution < 1.29 is 9.59 Å². The lowest BCUT2D eigenvalue weighted by Gasteiger charge is -2.20. The fraction of sp³-hybridized carbons (Fsp3) is 0.533. The molecule has 0 saturated carbocycles. The quantitative estimate of drug-likeness (QED) is 0.593. The predicted molar refractivity (Wildman–Crippen MR) is 102 cm³/mol. The van der Waals surface area contributed by atoms with Crippen molar-refractivity contribution in [2.75, 3.05) is 18.8 Å². The van der Waals surface area contributed by atoms with E-state index in [1.54, 1.807) is 0 Å². The van der Waals surface area contributed by atoms with E-state index in [0.717, 1.165) is 30.0 Å². The predicted octanol–water partition coefficient (Wildman–Crippen LogP) is 2.74. The molecule has 1 aromatic rings. The largest absolute Gasteiger partial charge is 0.358 e. The van der Waals surface area contributed by atoms with Crippen LogP contribution in [0.1, 0.15) is 40.9 Å². The van der Waals surface area contributed by atoms with Gasteiger partial charge in [-0.25, -0.2) is 0 Å². The van der Waals surface area contributed by atoms with Gasteiger partial charge < -0.3 is 4.90 Å². The monoisotopic (exact) mass is 373 g/mol. The highest BCUT2D eigenvalue weighted by Gasteiger charge is 2.13. The Kier molecular flexibility index (Phi) is 8.57. The summed E-state index contributed by atoms with van der Waals surface area (Å²) in [5, 5.41) is 0. The summed E-state index contributed by atoms with van der Waals surface area (Å²) >= 11 is 7.99. The summed E-state index contributed by atoms with van der Waals surface area (Å²) in [6, 6.07) is 1.87. The van der Waals surface area contributed by atoms with Crippen molar-refractivity contribution >= 4 is 51.5 Å². The maximum Gasteiger partial charge on any atom is 0.279 e. The Labute approximate surface area is 151 Å². The molecule has 1 rings (SSSR count). The van der Waals surface area contributed by atoms with Crippen LogP contribution in [0, 0.1) is 6.92 Å². The lowest BCUT2D eigenvalue weighted by atomic mass is 10.2. The first kappa shape index (κ1) is 19.9. The van der Waals surface area contributed by atoms with Gasteiger partial charge in [0, 0.05) is 18.0 Å². The maximum absolute atomic E-state index is 12.0. The first-order chi connectivity index (χ1) is 10.9. The van der Waals surface area contributed by atoms with E-state index in [2.05, 4.69) is 17.8 Å². The van der Waals surface area contributed by atoms with E-state index in [0.29, 0.717) is 9.20 Å². The van der Waals surface area contributed by atoms with E-state index >= 15 is 0 Å². The number of aryl methyl sites for hydroxylation is 2. The third-order valence-corrected chi connectivity index (χ3v) is 5.90. The van der Waals surface area contributed by atoms with Gasteiger partial charge in [-0.15, -0.1) is 11.3 Å². The van der Waals surface area contributed by atoms with Gasteiger partial charge in [0.05, 0.1) is 10.6 Å². The van der Waals surface area contributed by atoms with E-state index in [1.807, 2.05) is 31.7 Å². The molecule has 0 aliphatic rings. The SMILES string of the molecule is CCc1cc(C(=O)NNC(=O)CSC(=S)N(CC)CC)sc1C. The van der Waals surface area contributed by atoms with Crippen LogP contribution in [0.2, 0.25) is 0 Å². The Morgan fingerprint density at radius 1 is 1.26 bits per heavy atom. The summed E-state index contributed by atoms with van der Waals surface area (Å²) in [4.78, 5) is 27.5. The molecule has 1 aromatic heterocycles. The summed E-state index contributed by atoms with van der Waals surface area (Å²) in [7, 11) is 0. The number of rotatable bonds is 6. The van der Waals surface area contributed by atoms with Gasteiger partial charge in [0.2, 0.25) is 5.91 Å². The molecule has 0 unspecified atom stereocenters. The van der Waals surface area contributed by atoms with Gasteiger partial charge in [0.15, 0.2) is 0 Å². The minimum absolute atomic E-state index is 0.180. The van der Waals surface area contributed by atoms with Crippen LogP contribution in [0.4, 0.5) is 0 Å². The molecule has 0 aliphatic carbocycles. The number of amides is 2. The van der Waals surface area contributed by atoms with Gasteiger partial charge in [-0.1, -0.05) is 30.9 Å². The highest BCUT2D eigenvalue weighted by Crippen LogP contribution is 2.21. The molecule has 0 aliphatic heterocycles. The normalized spacial score (nSPS) is 10.3. The number of hydrogen-bond acceptors (Lipinski definition) is 5. The molecule has 0 radical (unpaired) electrons. The number of nitrogens with zero attached hydrogens (tertiary/aromatic N) is 1. The van der Waals surface area contributed by atoms with Crippen LogP contribution in [-0.2, 0) is 11.2 Å². The number of hydrogen-bond donors (Lipinski definition) is 2. The Hall–Kier alpha value is -1.12. The topological polar surface area (TPSA) is 61.4 Å². The molecular weight excluding hydrogens is 350 g/mol. The molecule has 0 saturated heterocycles. The van der Waals surface area contributed by atoms with Gasteiger partial charge in [0.1, 0.15) is 4.32 Å². The molecule has 2 N–H and O–H groups in total. The molecule has 0 atom stereocenters. The fourth-order valence-corrected chi connectivity index (χ4v) is 4.12. The number of carbonyl (C=O) groups excluding carboxylic acids is 2. The second-order valence-corrected chi connectivity index (χ2v) is 7.64. The third kappa shape index (κ3) is 6.12. The molecular formula is C15H23N3O2S3. The zero-order valence-electron chi connectivity index (χ0n) is 13.9. The molecule has 0 aromatic carbocycles. The van der Waals surface area contributed by atoms with Gasteiger partial charge in [-0.3, -0.25) is 20.4 Å². The number of thioether (sulfide) groups is 1. The van der Waals surface area contributed by atoms with E-state index in [1.165, 1.54) is 23.1 Å². The summed E-state index contributed by atoms with van der Waals surface area (Å²) in [5.41, 5.74) is 6.03. The second-order valence-electron chi connectivity index (χ2n) is 4.77. The summed E-state index contributed by atoms with van der Waals surface area (Å²) < 4.78 is 0.693. The van der Waals surface area contributed by atoms with Gasteiger partial charge in [-0.05, 0) is 38.8 Å². The minimum Gasteiger partial charge on any atom is -0.358 e. The summed E-state index contributed by atoms with van der Waals surface area (Å²) in [5.74, 6) is -0.386.